The van der Waals surface area contributed by atoms with Crippen LogP contribution in [-0.2, 0) is 5.75 Å². The number of carbonyl (C=O) groups excluding carboxylic acids is 1. The number of hydrogen-bond acceptors (Lipinski definition) is 3. The summed E-state index contributed by atoms with van der Waals surface area (Å²) >= 11 is 13.7. The zero-order valence-corrected chi connectivity index (χ0v) is 16.4. The van der Waals surface area contributed by atoms with Gasteiger partial charge in [-0.2, -0.15) is 0 Å². The average Bonchev–Trinajstić information content (AvgIpc) is 3.04. The van der Waals surface area contributed by atoms with Crippen molar-refractivity contribution in [3.05, 3.63) is 68.7 Å². The summed E-state index contributed by atoms with van der Waals surface area (Å²) in [6.45, 7) is 5.30. The molecule has 130 valence electrons. The number of carbonyl (C=O) groups is 1. The third kappa shape index (κ3) is 4.20. The molecule has 1 amide bonds. The van der Waals surface area contributed by atoms with Gasteiger partial charge in [-0.3, -0.25) is 14.7 Å². The smallest absolute Gasteiger partial charge is 0.259 e. The molecule has 3 nitrogen and oxygen atoms in total. The second-order valence-corrected chi connectivity index (χ2v) is 7.73. The minimum absolute atomic E-state index is 0.00551. The van der Waals surface area contributed by atoms with Crippen LogP contribution in [0, 0.1) is 13.8 Å². The summed E-state index contributed by atoms with van der Waals surface area (Å²) in [4.78, 5) is 19.1. The summed E-state index contributed by atoms with van der Waals surface area (Å²) in [6.07, 6.45) is 0. The maximum absolute atomic E-state index is 12.8. The monoisotopic (exact) mass is 392 g/mol. The number of aliphatic imine (C=N–C) groups is 1. The van der Waals surface area contributed by atoms with E-state index in [9.17, 15) is 4.79 Å². The fourth-order valence-corrected chi connectivity index (χ4v) is 4.15. The van der Waals surface area contributed by atoms with Gasteiger partial charge in [0.2, 0.25) is 0 Å². The van der Waals surface area contributed by atoms with Crippen molar-refractivity contribution in [3.8, 4) is 0 Å². The molecule has 0 aliphatic carbocycles. The van der Waals surface area contributed by atoms with Gasteiger partial charge in [0.25, 0.3) is 5.91 Å². The minimum atomic E-state index is -0.00551. The van der Waals surface area contributed by atoms with E-state index in [0.717, 1.165) is 16.3 Å². The first kappa shape index (κ1) is 18.3. The van der Waals surface area contributed by atoms with E-state index < -0.39 is 0 Å². The summed E-state index contributed by atoms with van der Waals surface area (Å²) in [7, 11) is 0. The van der Waals surface area contributed by atoms with Gasteiger partial charge in [0.1, 0.15) is 0 Å². The summed E-state index contributed by atoms with van der Waals surface area (Å²) in [5, 5.41) is 1.99. The Kier molecular flexibility index (Phi) is 5.72. The van der Waals surface area contributed by atoms with Crippen molar-refractivity contribution >= 4 is 46.0 Å². The number of amidine groups is 1. The minimum Gasteiger partial charge on any atom is -0.286 e. The van der Waals surface area contributed by atoms with Crippen LogP contribution in [0.1, 0.15) is 27.0 Å². The van der Waals surface area contributed by atoms with Crippen molar-refractivity contribution in [1.82, 2.24) is 4.90 Å². The first-order valence-corrected chi connectivity index (χ1v) is 9.70. The van der Waals surface area contributed by atoms with E-state index >= 15 is 0 Å². The molecule has 2 aromatic carbocycles. The van der Waals surface area contributed by atoms with Gasteiger partial charge in [0, 0.05) is 27.9 Å². The Labute approximate surface area is 162 Å². The van der Waals surface area contributed by atoms with Crippen LogP contribution in [0.15, 0.2) is 41.4 Å². The molecule has 0 saturated heterocycles. The predicted octanol–water partition coefficient (Wildman–Crippen LogP) is 5.36. The van der Waals surface area contributed by atoms with Gasteiger partial charge in [-0.1, -0.05) is 47.1 Å². The summed E-state index contributed by atoms with van der Waals surface area (Å²) in [6, 6.07) is 11.2. The molecule has 0 N–H and O–H groups in total. The number of aryl methyl sites for hydroxylation is 2. The Bertz CT molecular complexity index is 851. The largest absolute Gasteiger partial charge is 0.286 e. The van der Waals surface area contributed by atoms with Crippen LogP contribution in [0.2, 0.25) is 10.0 Å². The second kappa shape index (κ2) is 7.81. The number of benzene rings is 2. The quantitative estimate of drug-likeness (QED) is 0.704. The Morgan fingerprint density at radius 1 is 1.16 bits per heavy atom. The number of nitrogens with zero attached hydrogens (tertiary/aromatic N) is 2. The molecule has 3 rings (SSSR count). The fourth-order valence-electron chi connectivity index (χ4n) is 2.55. The molecule has 0 spiro atoms. The van der Waals surface area contributed by atoms with Crippen molar-refractivity contribution in [2.75, 3.05) is 13.1 Å². The van der Waals surface area contributed by atoms with E-state index in [4.69, 9.17) is 23.2 Å². The lowest BCUT2D eigenvalue weighted by molar-refractivity contribution is 0.0860. The maximum atomic E-state index is 12.8. The molecule has 0 radical (unpaired) electrons. The lowest BCUT2D eigenvalue weighted by atomic mass is 10.1. The van der Waals surface area contributed by atoms with Crippen LogP contribution >= 0.6 is 35.0 Å². The van der Waals surface area contributed by atoms with E-state index in [1.807, 2.05) is 44.2 Å². The SMILES string of the molecule is Cc1ccc(C(=O)N2CCN=C2SCc2ccc(Cl)cc2Cl)cc1C. The van der Waals surface area contributed by atoms with Crippen LogP contribution in [0.5, 0.6) is 0 Å². The average molecular weight is 393 g/mol. The first-order valence-electron chi connectivity index (χ1n) is 7.96. The molecule has 0 unspecified atom stereocenters. The molecule has 1 aliphatic heterocycles. The predicted molar refractivity (Wildman–Crippen MR) is 107 cm³/mol. The Hall–Kier alpha value is -1.49. The standard InChI is InChI=1S/C19H18Cl2N2OS/c1-12-3-4-14(9-13(12)2)18(24)23-8-7-22-19(23)25-11-15-5-6-16(20)10-17(15)21/h3-6,9-10H,7-8,11H2,1-2H3. The van der Waals surface area contributed by atoms with Crippen molar-refractivity contribution in [2.45, 2.75) is 19.6 Å². The first-order chi connectivity index (χ1) is 12.0. The zero-order valence-electron chi connectivity index (χ0n) is 14.1. The third-order valence-electron chi connectivity index (χ3n) is 4.17. The molecule has 2 aromatic rings. The van der Waals surface area contributed by atoms with Crippen LogP contribution in [0.4, 0.5) is 0 Å². The van der Waals surface area contributed by atoms with Crippen LogP contribution in [0.25, 0.3) is 0 Å². The van der Waals surface area contributed by atoms with Crippen molar-refractivity contribution in [3.63, 3.8) is 0 Å². The van der Waals surface area contributed by atoms with Crippen molar-refractivity contribution in [1.29, 1.82) is 0 Å². The molecule has 0 atom stereocenters. The Morgan fingerprint density at radius 3 is 2.68 bits per heavy atom. The normalized spacial score (nSPS) is 13.9. The summed E-state index contributed by atoms with van der Waals surface area (Å²) in [5.74, 6) is 0.639. The molecule has 1 heterocycles. The second-order valence-electron chi connectivity index (χ2n) is 5.94. The molecule has 1 aliphatic rings. The molecule has 0 aromatic heterocycles. The topological polar surface area (TPSA) is 32.7 Å². The van der Waals surface area contributed by atoms with Gasteiger partial charge >= 0.3 is 0 Å². The van der Waals surface area contributed by atoms with Crippen molar-refractivity contribution in [2.24, 2.45) is 4.99 Å². The maximum Gasteiger partial charge on any atom is 0.259 e. The van der Waals surface area contributed by atoms with Gasteiger partial charge in [-0.25, -0.2) is 0 Å². The number of thioether (sulfide) groups is 1. The van der Waals surface area contributed by atoms with E-state index in [-0.39, 0.29) is 5.91 Å². The van der Waals surface area contributed by atoms with Gasteiger partial charge in [-0.05, 0) is 54.8 Å². The van der Waals surface area contributed by atoms with Crippen LogP contribution in [0.3, 0.4) is 0 Å². The Balaban J connectivity index is 1.71. The number of hydrogen-bond donors (Lipinski definition) is 0. The van der Waals surface area contributed by atoms with E-state index in [0.29, 0.717) is 34.5 Å². The lowest BCUT2D eigenvalue weighted by Gasteiger charge is -2.18. The summed E-state index contributed by atoms with van der Waals surface area (Å²) in [5.41, 5.74) is 3.97. The highest BCUT2D eigenvalue weighted by Crippen LogP contribution is 2.27. The lowest BCUT2D eigenvalue weighted by Crippen LogP contribution is -2.32. The molecule has 0 bridgehead atoms. The zero-order chi connectivity index (χ0) is 18.0. The molecular formula is C19H18Cl2N2OS. The fraction of sp³-hybridized carbons (Fsp3) is 0.263. The van der Waals surface area contributed by atoms with Gasteiger partial charge in [-0.15, -0.1) is 0 Å². The highest BCUT2D eigenvalue weighted by atomic mass is 35.5. The van der Waals surface area contributed by atoms with Gasteiger partial charge < -0.3 is 0 Å². The number of rotatable bonds is 3. The highest BCUT2D eigenvalue weighted by Gasteiger charge is 2.25. The molecule has 0 fully saturated rings. The molecular weight excluding hydrogens is 375 g/mol. The van der Waals surface area contributed by atoms with Crippen LogP contribution in [-0.4, -0.2) is 29.1 Å². The highest BCUT2D eigenvalue weighted by molar-refractivity contribution is 8.13. The summed E-state index contributed by atoms with van der Waals surface area (Å²) < 4.78 is 0. The van der Waals surface area contributed by atoms with E-state index in [1.165, 1.54) is 17.3 Å². The van der Waals surface area contributed by atoms with Gasteiger partial charge in [0.05, 0.1) is 6.54 Å². The van der Waals surface area contributed by atoms with E-state index in [2.05, 4.69) is 4.99 Å². The van der Waals surface area contributed by atoms with Crippen molar-refractivity contribution < 1.29 is 4.79 Å². The molecule has 25 heavy (non-hydrogen) atoms. The third-order valence-corrected chi connectivity index (χ3v) is 5.82. The van der Waals surface area contributed by atoms with Crippen LogP contribution < -0.4 is 0 Å². The number of amides is 1. The molecule has 6 heteroatoms. The van der Waals surface area contributed by atoms with Gasteiger partial charge in [0.15, 0.2) is 5.17 Å². The molecule has 0 saturated carbocycles. The Morgan fingerprint density at radius 2 is 1.96 bits per heavy atom. The number of halogens is 2. The van der Waals surface area contributed by atoms with E-state index in [1.54, 1.807) is 11.0 Å².